The second kappa shape index (κ2) is 8.33. The van der Waals surface area contributed by atoms with E-state index in [1.165, 1.54) is 0 Å². The van der Waals surface area contributed by atoms with Crippen molar-refractivity contribution in [1.29, 1.82) is 0 Å². The van der Waals surface area contributed by atoms with Gasteiger partial charge in [-0.05, 0) is 61.7 Å². The van der Waals surface area contributed by atoms with E-state index in [1.807, 2.05) is 42.5 Å². The number of methoxy groups -OCH3 is 2. The highest BCUT2D eigenvalue weighted by atomic mass is 16.5. The van der Waals surface area contributed by atoms with E-state index in [0.29, 0.717) is 24.4 Å². The Hall–Kier alpha value is -4.01. The number of imide groups is 1. The van der Waals surface area contributed by atoms with Gasteiger partial charge in [0.15, 0.2) is 5.54 Å². The molecule has 9 nitrogen and oxygen atoms in total. The molecule has 0 radical (unpaired) electrons. The number of carbonyl (C=O) groups is 3. The van der Waals surface area contributed by atoms with Crippen molar-refractivity contribution in [1.82, 2.24) is 20.1 Å². The average Bonchev–Trinajstić information content (AvgIpc) is 3.34. The van der Waals surface area contributed by atoms with E-state index in [0.717, 1.165) is 32.7 Å². The molecule has 2 aromatic carbocycles. The molecule has 9 heteroatoms. The first-order chi connectivity index (χ1) is 16.8. The molecular formula is C26H28N4O5. The van der Waals surface area contributed by atoms with Gasteiger partial charge in [0.1, 0.15) is 17.5 Å². The van der Waals surface area contributed by atoms with E-state index < -0.39 is 29.4 Å². The van der Waals surface area contributed by atoms with E-state index in [1.54, 1.807) is 33.0 Å². The van der Waals surface area contributed by atoms with Crippen molar-refractivity contribution in [3.8, 4) is 11.5 Å². The molecule has 1 saturated heterocycles. The van der Waals surface area contributed by atoms with Gasteiger partial charge in [0.05, 0.1) is 19.9 Å². The summed E-state index contributed by atoms with van der Waals surface area (Å²) in [6, 6.07) is 11.6. The van der Waals surface area contributed by atoms with Crippen molar-refractivity contribution in [3.05, 3.63) is 59.3 Å². The highest BCUT2D eigenvalue weighted by Crippen LogP contribution is 2.45. The largest absolute Gasteiger partial charge is 0.497 e. The van der Waals surface area contributed by atoms with Gasteiger partial charge in [-0.2, -0.15) is 0 Å². The second-order valence-electron chi connectivity index (χ2n) is 9.07. The van der Waals surface area contributed by atoms with Crippen LogP contribution in [-0.4, -0.2) is 59.4 Å². The molecule has 1 fully saturated rings. The Labute approximate surface area is 203 Å². The third-order valence-corrected chi connectivity index (χ3v) is 7.17. The van der Waals surface area contributed by atoms with E-state index in [-0.39, 0.29) is 6.54 Å². The van der Waals surface area contributed by atoms with Crippen molar-refractivity contribution in [2.24, 2.45) is 0 Å². The Morgan fingerprint density at radius 1 is 1.14 bits per heavy atom. The first kappa shape index (κ1) is 22.8. The molecule has 35 heavy (non-hydrogen) atoms. The maximum atomic E-state index is 13.8. The van der Waals surface area contributed by atoms with E-state index in [9.17, 15) is 14.4 Å². The number of hydrogen-bond acceptors (Lipinski definition) is 5. The molecule has 2 N–H and O–H groups in total. The fourth-order valence-corrected chi connectivity index (χ4v) is 5.15. The first-order valence-electron chi connectivity index (χ1n) is 11.5. The predicted molar refractivity (Wildman–Crippen MR) is 129 cm³/mol. The van der Waals surface area contributed by atoms with Crippen LogP contribution in [0.25, 0.3) is 10.9 Å². The Balaban J connectivity index is 1.41. The van der Waals surface area contributed by atoms with Crippen LogP contribution in [-0.2, 0) is 28.1 Å². The van der Waals surface area contributed by atoms with Crippen LogP contribution in [0, 0.1) is 0 Å². The lowest BCUT2D eigenvalue weighted by Crippen LogP contribution is -2.49. The minimum absolute atomic E-state index is 0.256. The summed E-state index contributed by atoms with van der Waals surface area (Å²) in [7, 11) is 3.19. The summed E-state index contributed by atoms with van der Waals surface area (Å²) in [5, 5.41) is 3.81. The SMILES string of the molecule is COc1cccc(CNC(=O)[C@@H](C)N2C(=O)N3CCc4c([nH]c5ccc(OC)cc45)[C@]3(C)C2=O)c1. The van der Waals surface area contributed by atoms with Crippen LogP contribution in [0.2, 0.25) is 0 Å². The number of fused-ring (bicyclic) bond motifs is 5. The molecule has 4 amide bonds. The van der Waals surface area contributed by atoms with Crippen molar-refractivity contribution >= 4 is 28.7 Å². The predicted octanol–water partition coefficient (Wildman–Crippen LogP) is 2.93. The number of benzene rings is 2. The Morgan fingerprint density at radius 3 is 2.63 bits per heavy atom. The Bertz CT molecular complexity index is 1350. The molecule has 2 aliphatic rings. The number of nitrogens with zero attached hydrogens (tertiary/aromatic N) is 2. The highest BCUT2D eigenvalue weighted by Gasteiger charge is 2.60. The molecule has 2 atom stereocenters. The number of H-pyrrole nitrogens is 1. The summed E-state index contributed by atoms with van der Waals surface area (Å²) in [5.41, 5.74) is 2.21. The molecule has 5 rings (SSSR count). The van der Waals surface area contributed by atoms with E-state index >= 15 is 0 Å². The minimum Gasteiger partial charge on any atom is -0.497 e. The zero-order valence-corrected chi connectivity index (χ0v) is 20.2. The minimum atomic E-state index is -1.21. The van der Waals surface area contributed by atoms with Crippen LogP contribution in [0.15, 0.2) is 42.5 Å². The van der Waals surface area contributed by atoms with Crippen molar-refractivity contribution < 1.29 is 23.9 Å². The zero-order valence-electron chi connectivity index (χ0n) is 20.2. The van der Waals surface area contributed by atoms with Crippen LogP contribution in [0.1, 0.15) is 30.7 Å². The second-order valence-corrected chi connectivity index (χ2v) is 9.07. The number of urea groups is 1. The summed E-state index contributed by atoms with van der Waals surface area (Å²) in [5.74, 6) is 0.598. The molecule has 0 spiro atoms. The third kappa shape index (κ3) is 3.41. The first-order valence-corrected chi connectivity index (χ1v) is 11.5. The summed E-state index contributed by atoms with van der Waals surface area (Å²) in [4.78, 5) is 46.2. The number of carbonyl (C=O) groups excluding carboxylic acids is 3. The quantitative estimate of drug-likeness (QED) is 0.533. The van der Waals surface area contributed by atoms with Crippen molar-refractivity contribution in [2.45, 2.75) is 38.4 Å². The zero-order chi connectivity index (χ0) is 24.9. The summed E-state index contributed by atoms with van der Waals surface area (Å²) in [6.45, 7) is 3.96. The molecule has 0 saturated carbocycles. The number of aromatic amines is 1. The maximum absolute atomic E-state index is 13.8. The third-order valence-electron chi connectivity index (χ3n) is 7.17. The molecule has 3 aromatic rings. The average molecular weight is 477 g/mol. The summed E-state index contributed by atoms with van der Waals surface area (Å²) < 4.78 is 10.6. The topological polar surface area (TPSA) is 104 Å². The van der Waals surface area contributed by atoms with Crippen LogP contribution in [0.5, 0.6) is 11.5 Å². The molecular weight excluding hydrogens is 448 g/mol. The lowest BCUT2D eigenvalue weighted by molar-refractivity contribution is -0.139. The Kier molecular flexibility index (Phi) is 5.42. The lowest BCUT2D eigenvalue weighted by Gasteiger charge is -2.36. The van der Waals surface area contributed by atoms with Gasteiger partial charge < -0.3 is 24.7 Å². The van der Waals surface area contributed by atoms with E-state index in [4.69, 9.17) is 9.47 Å². The van der Waals surface area contributed by atoms with Crippen LogP contribution < -0.4 is 14.8 Å². The fraction of sp³-hybridized carbons (Fsp3) is 0.346. The fourth-order valence-electron chi connectivity index (χ4n) is 5.15. The van der Waals surface area contributed by atoms with Gasteiger partial charge in [-0.3, -0.25) is 9.59 Å². The molecule has 182 valence electrons. The lowest BCUT2D eigenvalue weighted by atomic mass is 9.87. The molecule has 0 bridgehead atoms. The van der Waals surface area contributed by atoms with Crippen LogP contribution in [0.3, 0.4) is 0 Å². The summed E-state index contributed by atoms with van der Waals surface area (Å²) in [6.07, 6.45) is 0.599. The molecule has 1 aromatic heterocycles. The molecule has 0 aliphatic carbocycles. The van der Waals surface area contributed by atoms with Gasteiger partial charge in [0, 0.05) is 24.0 Å². The number of amides is 4. The number of hydrogen-bond donors (Lipinski definition) is 2. The Morgan fingerprint density at radius 2 is 1.89 bits per heavy atom. The van der Waals surface area contributed by atoms with Crippen molar-refractivity contribution in [3.63, 3.8) is 0 Å². The maximum Gasteiger partial charge on any atom is 0.328 e. The van der Waals surface area contributed by atoms with Gasteiger partial charge in [-0.15, -0.1) is 0 Å². The smallest absolute Gasteiger partial charge is 0.328 e. The van der Waals surface area contributed by atoms with Gasteiger partial charge in [0.2, 0.25) is 5.91 Å². The normalized spacial score (nSPS) is 20.0. The van der Waals surface area contributed by atoms with Gasteiger partial charge >= 0.3 is 6.03 Å². The number of ether oxygens (including phenoxy) is 2. The van der Waals surface area contributed by atoms with E-state index in [2.05, 4.69) is 10.3 Å². The molecule has 0 unspecified atom stereocenters. The number of aromatic nitrogens is 1. The number of rotatable bonds is 6. The summed E-state index contributed by atoms with van der Waals surface area (Å²) >= 11 is 0. The molecule has 3 heterocycles. The van der Waals surface area contributed by atoms with Gasteiger partial charge in [-0.25, -0.2) is 9.69 Å². The van der Waals surface area contributed by atoms with Gasteiger partial charge in [0.25, 0.3) is 5.91 Å². The highest BCUT2D eigenvalue weighted by molar-refractivity contribution is 6.11. The molecule has 2 aliphatic heterocycles. The number of nitrogens with one attached hydrogen (secondary N) is 2. The van der Waals surface area contributed by atoms with Gasteiger partial charge in [-0.1, -0.05) is 12.1 Å². The van der Waals surface area contributed by atoms with Crippen molar-refractivity contribution in [2.75, 3.05) is 20.8 Å². The monoisotopic (exact) mass is 476 g/mol. The van der Waals surface area contributed by atoms with Crippen LogP contribution >= 0.6 is 0 Å². The van der Waals surface area contributed by atoms with Crippen LogP contribution in [0.4, 0.5) is 4.79 Å². The standard InChI is InChI=1S/C26H28N4O5/c1-15(23(31)27-14-16-6-5-7-17(12-16)34-3)30-24(32)26(2)22-19(10-11-29(26)25(30)33)20-13-18(35-4)8-9-21(20)28-22/h5-9,12-13,15,28H,10-11,14H2,1-4H3,(H,27,31)/t15-,26-/m1/s1.